The van der Waals surface area contributed by atoms with Gasteiger partial charge in [-0.25, -0.2) is 0 Å². The predicted molar refractivity (Wildman–Crippen MR) is 127 cm³/mol. The molecule has 4 aliphatic rings. The Morgan fingerprint density at radius 2 is 1.76 bits per heavy atom. The fourth-order valence-corrected chi connectivity index (χ4v) is 8.91. The average molecular weight is 461 g/mol. The van der Waals surface area contributed by atoms with Crippen molar-refractivity contribution < 1.29 is 24.2 Å². The molecule has 0 radical (unpaired) electrons. The van der Waals surface area contributed by atoms with Crippen LogP contribution in [0.15, 0.2) is 11.6 Å². The van der Waals surface area contributed by atoms with E-state index in [0.29, 0.717) is 42.6 Å². The predicted octanol–water partition coefficient (Wildman–Crippen LogP) is 5.80. The van der Waals surface area contributed by atoms with Crippen LogP contribution in [0.1, 0.15) is 98.8 Å². The zero-order valence-electron chi connectivity index (χ0n) is 21.3. The number of aliphatic hydroxyl groups excluding tert-OH is 1. The Balaban J connectivity index is 1.56. The van der Waals surface area contributed by atoms with Gasteiger partial charge in [0.1, 0.15) is 0 Å². The van der Waals surface area contributed by atoms with E-state index in [1.54, 1.807) is 0 Å². The van der Waals surface area contributed by atoms with Crippen LogP contribution in [-0.4, -0.2) is 29.4 Å². The molecule has 4 rings (SSSR count). The summed E-state index contributed by atoms with van der Waals surface area (Å²) in [6, 6.07) is 0. The molecule has 3 saturated carbocycles. The summed E-state index contributed by atoms with van der Waals surface area (Å²) in [7, 11) is 0. The van der Waals surface area contributed by atoms with Crippen LogP contribution in [0.2, 0.25) is 0 Å². The number of fused-ring (bicyclic) bond motifs is 5. The first-order valence-electron chi connectivity index (χ1n) is 13.2. The van der Waals surface area contributed by atoms with E-state index in [1.165, 1.54) is 45.1 Å². The third kappa shape index (κ3) is 4.28. The fraction of sp³-hybridized carbons (Fsp3) is 0.857. The first kappa shape index (κ1) is 24.8. The number of ether oxygens (including phenoxy) is 2. The summed E-state index contributed by atoms with van der Waals surface area (Å²) in [5.74, 6) is 1.64. The first-order valence-corrected chi connectivity index (χ1v) is 13.2. The average Bonchev–Trinajstić information content (AvgIpc) is 3.09. The van der Waals surface area contributed by atoms with Crippen LogP contribution >= 0.6 is 0 Å². The number of esters is 2. The Morgan fingerprint density at radius 3 is 2.39 bits per heavy atom. The molecule has 33 heavy (non-hydrogen) atoms. The van der Waals surface area contributed by atoms with Gasteiger partial charge in [0.05, 0.1) is 0 Å². The normalized spacial score (nSPS) is 40.0. The SMILES string of the molecule is CC(=O)OC1(OC(C)=O)CC[C@@]2(C)C(=CC[C@H]3[C@@H]4CC[C@H]([C@H](C)CCCO)[C@@]4(C)CC[C@@H]32)C1. The molecule has 1 N–H and O–H groups in total. The van der Waals surface area contributed by atoms with Gasteiger partial charge in [0.15, 0.2) is 0 Å². The Morgan fingerprint density at radius 1 is 1.06 bits per heavy atom. The van der Waals surface area contributed by atoms with Crippen LogP contribution < -0.4 is 0 Å². The summed E-state index contributed by atoms with van der Waals surface area (Å²) in [5.41, 5.74) is 1.83. The molecule has 0 saturated heterocycles. The lowest BCUT2D eigenvalue weighted by Crippen LogP contribution is -2.54. The van der Waals surface area contributed by atoms with Crippen LogP contribution in [0, 0.1) is 40.4 Å². The van der Waals surface area contributed by atoms with Crippen molar-refractivity contribution in [1.82, 2.24) is 0 Å². The lowest BCUT2D eigenvalue weighted by molar-refractivity contribution is -0.238. The van der Waals surface area contributed by atoms with Crippen molar-refractivity contribution in [3.8, 4) is 0 Å². The zero-order valence-corrected chi connectivity index (χ0v) is 21.3. The molecule has 0 bridgehead atoms. The Labute approximate surface area is 199 Å². The highest BCUT2D eigenvalue weighted by atomic mass is 16.7. The maximum absolute atomic E-state index is 11.8. The number of hydrogen-bond donors (Lipinski definition) is 1. The molecule has 0 aromatic carbocycles. The highest BCUT2D eigenvalue weighted by Crippen LogP contribution is 2.68. The minimum Gasteiger partial charge on any atom is -0.422 e. The molecule has 0 aliphatic heterocycles. The molecule has 186 valence electrons. The van der Waals surface area contributed by atoms with E-state index < -0.39 is 17.7 Å². The van der Waals surface area contributed by atoms with Gasteiger partial charge in [-0.15, -0.1) is 0 Å². The first-order chi connectivity index (χ1) is 15.5. The molecular formula is C28H44O5. The molecular weight excluding hydrogens is 416 g/mol. The lowest BCUT2D eigenvalue weighted by Gasteiger charge is -2.59. The van der Waals surface area contributed by atoms with Crippen LogP contribution in [0.4, 0.5) is 0 Å². The third-order valence-electron chi connectivity index (χ3n) is 10.3. The molecule has 0 aromatic rings. The van der Waals surface area contributed by atoms with Gasteiger partial charge in [-0.3, -0.25) is 9.59 Å². The minimum atomic E-state index is -1.14. The van der Waals surface area contributed by atoms with Crippen LogP contribution in [0.25, 0.3) is 0 Å². The second-order valence-corrected chi connectivity index (χ2v) is 12.1. The highest BCUT2D eigenvalue weighted by Gasteiger charge is 2.60. The van der Waals surface area contributed by atoms with Gasteiger partial charge in [0, 0.05) is 33.3 Å². The summed E-state index contributed by atoms with van der Waals surface area (Å²) >= 11 is 0. The summed E-state index contributed by atoms with van der Waals surface area (Å²) in [6.07, 6.45) is 12.7. The van der Waals surface area contributed by atoms with Crippen molar-refractivity contribution in [2.24, 2.45) is 40.4 Å². The molecule has 3 fully saturated rings. The van der Waals surface area contributed by atoms with Crippen molar-refractivity contribution in [2.45, 2.75) is 105 Å². The van der Waals surface area contributed by atoms with Crippen LogP contribution in [0.5, 0.6) is 0 Å². The molecule has 0 spiro atoms. The summed E-state index contributed by atoms with van der Waals surface area (Å²) in [4.78, 5) is 23.7. The van der Waals surface area contributed by atoms with Crippen molar-refractivity contribution in [3.63, 3.8) is 0 Å². The van der Waals surface area contributed by atoms with E-state index in [-0.39, 0.29) is 5.41 Å². The minimum absolute atomic E-state index is 0.0919. The maximum Gasteiger partial charge on any atom is 0.305 e. The molecule has 0 aromatic heterocycles. The number of hydrogen-bond acceptors (Lipinski definition) is 5. The van der Waals surface area contributed by atoms with Crippen molar-refractivity contribution >= 4 is 11.9 Å². The Bertz CT molecular complexity index is 786. The van der Waals surface area contributed by atoms with Crippen LogP contribution in [-0.2, 0) is 19.1 Å². The smallest absolute Gasteiger partial charge is 0.305 e. The van der Waals surface area contributed by atoms with E-state index in [0.717, 1.165) is 37.5 Å². The third-order valence-corrected chi connectivity index (χ3v) is 10.3. The number of rotatable bonds is 6. The van der Waals surface area contributed by atoms with Gasteiger partial charge in [-0.05, 0) is 91.8 Å². The molecule has 7 atom stereocenters. The van der Waals surface area contributed by atoms with E-state index in [2.05, 4.69) is 26.8 Å². The van der Waals surface area contributed by atoms with Gasteiger partial charge in [0.2, 0.25) is 0 Å². The highest BCUT2D eigenvalue weighted by molar-refractivity contribution is 5.69. The zero-order chi connectivity index (χ0) is 24.0. The largest absolute Gasteiger partial charge is 0.422 e. The fourth-order valence-electron chi connectivity index (χ4n) is 8.91. The molecule has 0 heterocycles. The van der Waals surface area contributed by atoms with Gasteiger partial charge < -0.3 is 14.6 Å². The quantitative estimate of drug-likeness (QED) is 0.308. The monoisotopic (exact) mass is 460 g/mol. The number of aliphatic hydroxyl groups is 1. The Kier molecular flexibility index (Phi) is 6.76. The molecule has 0 unspecified atom stereocenters. The number of carbonyl (C=O) groups is 2. The van der Waals surface area contributed by atoms with Crippen molar-refractivity contribution in [2.75, 3.05) is 6.61 Å². The Hall–Kier alpha value is -1.36. The molecule has 0 amide bonds. The van der Waals surface area contributed by atoms with E-state index in [9.17, 15) is 14.7 Å². The van der Waals surface area contributed by atoms with Crippen molar-refractivity contribution in [1.29, 1.82) is 0 Å². The van der Waals surface area contributed by atoms with Gasteiger partial charge >= 0.3 is 11.9 Å². The van der Waals surface area contributed by atoms with Gasteiger partial charge in [0.25, 0.3) is 5.79 Å². The summed E-state index contributed by atoms with van der Waals surface area (Å²) in [6.45, 7) is 10.5. The van der Waals surface area contributed by atoms with Gasteiger partial charge in [-0.1, -0.05) is 32.4 Å². The van der Waals surface area contributed by atoms with Gasteiger partial charge in [-0.2, -0.15) is 0 Å². The molecule has 5 heteroatoms. The number of allylic oxidation sites excluding steroid dienone is 1. The van der Waals surface area contributed by atoms with E-state index in [4.69, 9.17) is 9.47 Å². The maximum atomic E-state index is 11.8. The second kappa shape index (κ2) is 9.02. The summed E-state index contributed by atoms with van der Waals surface area (Å²) < 4.78 is 11.3. The molecule has 4 aliphatic carbocycles. The topological polar surface area (TPSA) is 72.8 Å². The summed E-state index contributed by atoms with van der Waals surface area (Å²) in [5, 5.41) is 9.32. The van der Waals surface area contributed by atoms with Crippen LogP contribution in [0.3, 0.4) is 0 Å². The van der Waals surface area contributed by atoms with Crippen molar-refractivity contribution in [3.05, 3.63) is 11.6 Å². The van der Waals surface area contributed by atoms with E-state index in [1.807, 2.05) is 0 Å². The lowest BCUT2D eigenvalue weighted by atomic mass is 9.46. The standard InChI is InChI=1S/C28H44O5/c1-18(7-6-16-29)23-10-11-24-22-9-8-21-17-28(32-19(2)30,33-20(3)31)15-14-26(21,4)25(22)12-13-27(23,24)5/h8,18,22-25,29H,6-7,9-17H2,1-5H3/t18-,22+,23-,24+,25+,26+,27-/m1/s1. The number of carbonyl (C=O) groups excluding carboxylic acids is 2. The second-order valence-electron chi connectivity index (χ2n) is 12.1. The van der Waals surface area contributed by atoms with E-state index >= 15 is 0 Å². The molecule has 5 nitrogen and oxygen atoms in total.